The van der Waals surface area contributed by atoms with E-state index in [1.165, 1.54) is 10.4 Å². The highest BCUT2D eigenvalue weighted by Crippen LogP contribution is 2.38. The lowest BCUT2D eigenvalue weighted by molar-refractivity contribution is -0.138. The number of hydrogen-bond acceptors (Lipinski definition) is 4. The van der Waals surface area contributed by atoms with Crippen molar-refractivity contribution in [1.29, 1.82) is 0 Å². The van der Waals surface area contributed by atoms with Crippen LogP contribution in [0.25, 0.3) is 0 Å². The number of amides is 1. The van der Waals surface area contributed by atoms with E-state index < -0.39 is 27.8 Å². The maximum atomic E-state index is 13.4. The fourth-order valence-electron chi connectivity index (χ4n) is 4.37. The van der Waals surface area contributed by atoms with Gasteiger partial charge in [-0.25, -0.2) is 8.42 Å². The number of halogens is 3. The van der Waals surface area contributed by atoms with Crippen LogP contribution < -0.4 is 5.32 Å². The Morgan fingerprint density at radius 2 is 1.91 bits per heavy atom. The number of rotatable bonds is 8. The second-order valence-electron chi connectivity index (χ2n) is 9.14. The zero-order chi connectivity index (χ0) is 23.7. The number of piperidine rings is 1. The van der Waals surface area contributed by atoms with E-state index >= 15 is 0 Å². The third kappa shape index (κ3) is 5.63. The van der Waals surface area contributed by atoms with Gasteiger partial charge >= 0.3 is 6.18 Å². The molecule has 1 unspecified atom stereocenters. The molecule has 1 aliphatic heterocycles. The molecule has 1 amide bonds. The molecule has 0 aromatic heterocycles. The number of carbonyl (C=O) groups is 1. The van der Waals surface area contributed by atoms with Crippen LogP contribution >= 0.6 is 0 Å². The van der Waals surface area contributed by atoms with E-state index in [2.05, 4.69) is 5.32 Å². The number of likely N-dealkylation sites (N-methyl/N-ethyl adjacent to an activating group) is 1. The molecule has 0 radical (unpaired) electrons. The van der Waals surface area contributed by atoms with Gasteiger partial charge in [0.1, 0.15) is 0 Å². The van der Waals surface area contributed by atoms with Gasteiger partial charge in [0.05, 0.1) is 16.5 Å². The molecule has 3 rings (SSSR count). The van der Waals surface area contributed by atoms with Crippen molar-refractivity contribution in [2.24, 2.45) is 5.92 Å². The molecule has 0 spiro atoms. The minimum atomic E-state index is -4.62. The molecule has 1 saturated carbocycles. The van der Waals surface area contributed by atoms with Crippen LogP contribution in [-0.2, 0) is 21.0 Å². The molecule has 0 bridgehead atoms. The topological polar surface area (TPSA) is 69.7 Å². The van der Waals surface area contributed by atoms with Crippen molar-refractivity contribution in [3.8, 4) is 0 Å². The first kappa shape index (κ1) is 25.0. The molecule has 1 heterocycles. The summed E-state index contributed by atoms with van der Waals surface area (Å²) in [4.78, 5) is 14.4. The molecule has 1 aromatic rings. The van der Waals surface area contributed by atoms with Crippen molar-refractivity contribution in [1.82, 2.24) is 14.5 Å². The molecule has 1 saturated heterocycles. The molecule has 2 aliphatic rings. The Morgan fingerprint density at radius 3 is 2.47 bits per heavy atom. The molecule has 6 nitrogen and oxygen atoms in total. The highest BCUT2D eigenvalue weighted by atomic mass is 32.2. The van der Waals surface area contributed by atoms with Crippen LogP contribution in [0, 0.1) is 5.92 Å². The van der Waals surface area contributed by atoms with Gasteiger partial charge in [-0.3, -0.25) is 4.79 Å². The molecule has 1 aliphatic carbocycles. The summed E-state index contributed by atoms with van der Waals surface area (Å²) >= 11 is 0. The highest BCUT2D eigenvalue weighted by Gasteiger charge is 2.45. The number of benzene rings is 1. The molecule has 10 heteroatoms. The lowest BCUT2D eigenvalue weighted by Gasteiger charge is -2.40. The Bertz CT molecular complexity index is 916. The minimum Gasteiger partial charge on any atom is -0.340 e. The monoisotopic (exact) mass is 475 g/mol. The maximum Gasteiger partial charge on any atom is 0.416 e. The molecule has 32 heavy (non-hydrogen) atoms. The summed E-state index contributed by atoms with van der Waals surface area (Å²) in [6.07, 6.45) is -1.37. The standard InChI is InChI=1S/C22H32F3N3O3S/c1-15(2)12-20(26-3)21(29)27-11-5-7-18(14-27)28(17-9-10-17)32(30,31)19-8-4-6-16(13-19)22(23,24)25/h4,6,8,13,15,17-18,20,26H,5,7,9-12,14H2,1-3H3/t18?,20-/m0/s1. The fourth-order valence-corrected chi connectivity index (χ4v) is 6.31. The zero-order valence-electron chi connectivity index (χ0n) is 18.7. The quantitative estimate of drug-likeness (QED) is 0.625. The van der Waals surface area contributed by atoms with E-state index in [1.807, 2.05) is 13.8 Å². The van der Waals surface area contributed by atoms with Crippen molar-refractivity contribution in [3.63, 3.8) is 0 Å². The van der Waals surface area contributed by atoms with Crippen LogP contribution in [0.4, 0.5) is 13.2 Å². The first-order chi connectivity index (χ1) is 14.9. The predicted molar refractivity (Wildman–Crippen MR) is 115 cm³/mol. The Labute approximate surface area is 188 Å². The molecule has 1 aromatic carbocycles. The number of alkyl halides is 3. The Kier molecular flexibility index (Phi) is 7.56. The summed E-state index contributed by atoms with van der Waals surface area (Å²) in [5, 5.41) is 3.06. The second-order valence-corrected chi connectivity index (χ2v) is 11.0. The van der Waals surface area contributed by atoms with Crippen LogP contribution in [0.5, 0.6) is 0 Å². The number of nitrogens with zero attached hydrogens (tertiary/aromatic N) is 2. The van der Waals surface area contributed by atoms with E-state index in [-0.39, 0.29) is 29.4 Å². The second kappa shape index (κ2) is 9.69. The first-order valence-corrected chi connectivity index (χ1v) is 12.6. The Balaban J connectivity index is 1.85. The summed E-state index contributed by atoms with van der Waals surface area (Å²) in [5.74, 6) is 0.263. The van der Waals surface area contributed by atoms with Gasteiger partial charge in [-0.1, -0.05) is 19.9 Å². The first-order valence-electron chi connectivity index (χ1n) is 11.1. The fraction of sp³-hybridized carbons (Fsp3) is 0.682. The Morgan fingerprint density at radius 1 is 1.22 bits per heavy atom. The van der Waals surface area contributed by atoms with Gasteiger partial charge in [0.25, 0.3) is 0 Å². The van der Waals surface area contributed by atoms with Crippen molar-refractivity contribution in [2.45, 2.75) is 75.1 Å². The van der Waals surface area contributed by atoms with Gasteiger partial charge in [-0.2, -0.15) is 17.5 Å². The van der Waals surface area contributed by atoms with Gasteiger partial charge in [0, 0.05) is 25.2 Å². The summed E-state index contributed by atoms with van der Waals surface area (Å²) in [6, 6.07) is 2.89. The molecule has 2 fully saturated rings. The summed E-state index contributed by atoms with van der Waals surface area (Å²) < 4.78 is 67.8. The highest BCUT2D eigenvalue weighted by molar-refractivity contribution is 7.89. The van der Waals surface area contributed by atoms with Gasteiger partial charge in [0.2, 0.25) is 15.9 Å². The summed E-state index contributed by atoms with van der Waals surface area (Å²) in [7, 11) is -2.40. The minimum absolute atomic E-state index is 0.0573. The van der Waals surface area contributed by atoms with Gasteiger partial charge in [-0.05, 0) is 63.3 Å². The van der Waals surface area contributed by atoms with E-state index in [1.54, 1.807) is 11.9 Å². The largest absolute Gasteiger partial charge is 0.416 e. The Hall–Kier alpha value is -1.65. The van der Waals surface area contributed by atoms with E-state index in [4.69, 9.17) is 0 Å². The predicted octanol–water partition coefficient (Wildman–Crippen LogP) is 3.48. The SMILES string of the molecule is CN[C@@H](CC(C)C)C(=O)N1CCCC(N(C2CC2)S(=O)(=O)c2cccc(C(F)(F)F)c2)C1. The van der Waals surface area contributed by atoms with Crippen LogP contribution in [0.3, 0.4) is 0 Å². The molecular formula is C22H32F3N3O3S. The summed E-state index contributed by atoms with van der Waals surface area (Å²) in [5.41, 5.74) is -0.986. The summed E-state index contributed by atoms with van der Waals surface area (Å²) in [6.45, 7) is 4.87. The zero-order valence-corrected chi connectivity index (χ0v) is 19.5. The number of hydrogen-bond donors (Lipinski definition) is 1. The van der Waals surface area contributed by atoms with Crippen molar-refractivity contribution >= 4 is 15.9 Å². The van der Waals surface area contributed by atoms with Crippen molar-refractivity contribution in [2.75, 3.05) is 20.1 Å². The van der Waals surface area contributed by atoms with Crippen molar-refractivity contribution < 1.29 is 26.4 Å². The van der Waals surface area contributed by atoms with Crippen molar-refractivity contribution in [3.05, 3.63) is 29.8 Å². The average Bonchev–Trinajstić information content (AvgIpc) is 3.56. The van der Waals surface area contributed by atoms with E-state index in [0.717, 1.165) is 12.1 Å². The van der Waals surface area contributed by atoms with Crippen LogP contribution in [0.1, 0.15) is 51.5 Å². The third-order valence-corrected chi connectivity index (χ3v) is 8.07. The molecule has 180 valence electrons. The van der Waals surface area contributed by atoms with Crippen LogP contribution in [0.15, 0.2) is 29.2 Å². The van der Waals surface area contributed by atoms with Gasteiger partial charge in [-0.15, -0.1) is 0 Å². The molecule has 2 atom stereocenters. The third-order valence-electron chi connectivity index (χ3n) is 6.07. The van der Waals surface area contributed by atoms with Gasteiger partial charge in [0.15, 0.2) is 0 Å². The van der Waals surface area contributed by atoms with Gasteiger partial charge < -0.3 is 10.2 Å². The molecular weight excluding hydrogens is 443 g/mol. The number of likely N-dealkylation sites (tertiary alicyclic amines) is 1. The van der Waals surface area contributed by atoms with E-state index in [9.17, 15) is 26.4 Å². The average molecular weight is 476 g/mol. The number of nitrogens with one attached hydrogen (secondary N) is 1. The normalized spacial score (nSPS) is 21.2. The lowest BCUT2D eigenvalue weighted by atomic mass is 10.00. The molecule has 1 N–H and O–H groups in total. The van der Waals surface area contributed by atoms with Crippen LogP contribution in [0.2, 0.25) is 0 Å². The maximum absolute atomic E-state index is 13.4. The number of carbonyl (C=O) groups excluding carboxylic acids is 1. The lowest BCUT2D eigenvalue weighted by Crippen LogP contribution is -2.55. The van der Waals surface area contributed by atoms with E-state index in [0.29, 0.717) is 50.6 Å². The smallest absolute Gasteiger partial charge is 0.340 e. The number of sulfonamides is 1. The van der Waals surface area contributed by atoms with Crippen LogP contribution in [-0.4, -0.2) is 61.8 Å².